The van der Waals surface area contributed by atoms with E-state index in [1.165, 1.54) is 0 Å². The first-order chi connectivity index (χ1) is 6.68. The van der Waals surface area contributed by atoms with Crippen LogP contribution in [0.5, 0.6) is 0 Å². The van der Waals surface area contributed by atoms with Crippen LogP contribution in [0.3, 0.4) is 0 Å². The summed E-state index contributed by atoms with van der Waals surface area (Å²) in [6.07, 6.45) is 0. The molecule has 0 heterocycles. The summed E-state index contributed by atoms with van der Waals surface area (Å²) in [6.45, 7) is 0. The highest BCUT2D eigenvalue weighted by molar-refractivity contribution is 8.20. The lowest BCUT2D eigenvalue weighted by molar-refractivity contribution is 0.669. The topological polar surface area (TPSA) is 47.3 Å². The standard InChI is InChI=1S/C8H8N2OS3/c9-7(12)14-11-8(13)10-6-4-2-1-3-5-6/h1-5H,(H2,9,12)(H,10,13). The van der Waals surface area contributed by atoms with Gasteiger partial charge in [0.1, 0.15) is 12.0 Å². The van der Waals surface area contributed by atoms with E-state index in [9.17, 15) is 0 Å². The second kappa shape index (κ2) is 5.79. The first-order valence-electron chi connectivity index (χ1n) is 3.68. The monoisotopic (exact) mass is 244 g/mol. The Morgan fingerprint density at radius 2 is 1.93 bits per heavy atom. The summed E-state index contributed by atoms with van der Waals surface area (Å²) in [5, 5.41) is 3.10. The number of anilines is 1. The number of nitrogens with two attached hydrogens (primary N) is 1. The number of thiocarbonyl (C=S) groups is 2. The van der Waals surface area contributed by atoms with E-state index in [4.69, 9.17) is 22.1 Å². The molecule has 3 N–H and O–H groups in total. The fraction of sp³-hybridized carbons (Fsp3) is 0. The van der Waals surface area contributed by atoms with Gasteiger partial charge in [-0.05, 0) is 36.6 Å². The van der Waals surface area contributed by atoms with Crippen LogP contribution in [0.15, 0.2) is 30.3 Å². The zero-order valence-corrected chi connectivity index (χ0v) is 9.55. The minimum Gasteiger partial charge on any atom is -0.390 e. The SMILES string of the molecule is NC(=S)SOC(=S)Nc1ccccc1. The normalized spacial score (nSPS) is 9.14. The smallest absolute Gasteiger partial charge is 0.274 e. The maximum absolute atomic E-state index is 5.22. The Kier molecular flexibility index (Phi) is 4.64. The van der Waals surface area contributed by atoms with Gasteiger partial charge in [-0.15, -0.1) is 0 Å². The first kappa shape index (κ1) is 11.2. The summed E-state index contributed by atoms with van der Waals surface area (Å²) in [6, 6.07) is 9.46. The second-order valence-electron chi connectivity index (χ2n) is 2.26. The average molecular weight is 244 g/mol. The van der Waals surface area contributed by atoms with E-state index in [-0.39, 0.29) is 9.50 Å². The van der Waals surface area contributed by atoms with Crippen molar-refractivity contribution in [3.05, 3.63) is 30.3 Å². The maximum atomic E-state index is 5.22. The van der Waals surface area contributed by atoms with Gasteiger partial charge in [0.15, 0.2) is 4.32 Å². The molecule has 0 aliphatic rings. The molecule has 0 aliphatic heterocycles. The van der Waals surface area contributed by atoms with Gasteiger partial charge < -0.3 is 15.2 Å². The molecule has 14 heavy (non-hydrogen) atoms. The molecule has 0 aliphatic carbocycles. The zero-order chi connectivity index (χ0) is 10.4. The number of rotatable bonds is 1. The third-order valence-corrected chi connectivity index (χ3v) is 2.13. The van der Waals surface area contributed by atoms with Crippen LogP contribution in [-0.2, 0) is 4.18 Å². The molecule has 0 aromatic heterocycles. The molecule has 0 spiro atoms. The van der Waals surface area contributed by atoms with E-state index in [1.807, 2.05) is 30.3 Å². The summed E-state index contributed by atoms with van der Waals surface area (Å²) >= 11 is 10.4. The van der Waals surface area contributed by atoms with Crippen molar-refractivity contribution in [3.8, 4) is 0 Å². The van der Waals surface area contributed by atoms with E-state index in [0.29, 0.717) is 0 Å². The molecule has 0 bridgehead atoms. The maximum Gasteiger partial charge on any atom is 0.274 e. The molecule has 0 radical (unpaired) electrons. The molecule has 0 saturated carbocycles. The van der Waals surface area contributed by atoms with Gasteiger partial charge in [-0.25, -0.2) is 0 Å². The lowest BCUT2D eigenvalue weighted by Gasteiger charge is -2.06. The number of benzene rings is 1. The molecule has 1 rings (SSSR count). The lowest BCUT2D eigenvalue weighted by atomic mass is 10.3. The third-order valence-electron chi connectivity index (χ3n) is 1.22. The van der Waals surface area contributed by atoms with Crippen molar-refractivity contribution >= 4 is 51.7 Å². The number of para-hydroxylation sites is 1. The first-order valence-corrected chi connectivity index (χ1v) is 5.24. The van der Waals surface area contributed by atoms with Crippen molar-refractivity contribution in [1.29, 1.82) is 0 Å². The third kappa shape index (κ3) is 4.40. The fourth-order valence-electron chi connectivity index (χ4n) is 0.739. The van der Waals surface area contributed by atoms with Gasteiger partial charge in [-0.1, -0.05) is 18.2 Å². The van der Waals surface area contributed by atoms with Crippen LogP contribution in [0.25, 0.3) is 0 Å². The Morgan fingerprint density at radius 1 is 1.29 bits per heavy atom. The molecular weight excluding hydrogens is 236 g/mol. The Labute approximate surface area is 97.2 Å². The molecule has 3 nitrogen and oxygen atoms in total. The lowest BCUT2D eigenvalue weighted by Crippen LogP contribution is -2.12. The van der Waals surface area contributed by atoms with Crippen LogP contribution in [-0.4, -0.2) is 9.50 Å². The summed E-state index contributed by atoms with van der Waals surface area (Å²) in [5.41, 5.74) is 6.08. The van der Waals surface area contributed by atoms with Crippen LogP contribution in [0.2, 0.25) is 0 Å². The Balaban J connectivity index is 2.38. The van der Waals surface area contributed by atoms with Gasteiger partial charge in [0.25, 0.3) is 5.17 Å². The predicted octanol–water partition coefficient (Wildman–Crippen LogP) is 2.29. The van der Waals surface area contributed by atoms with Gasteiger partial charge in [0.05, 0.1) is 0 Å². The van der Waals surface area contributed by atoms with Crippen LogP contribution < -0.4 is 11.1 Å². The van der Waals surface area contributed by atoms with Crippen LogP contribution >= 0.6 is 36.5 Å². The molecule has 0 amide bonds. The molecule has 0 atom stereocenters. The number of hydrogen-bond acceptors (Lipinski definition) is 4. The molecular formula is C8H8N2OS3. The van der Waals surface area contributed by atoms with Crippen molar-refractivity contribution in [2.75, 3.05) is 5.32 Å². The molecule has 1 aromatic rings. The Morgan fingerprint density at radius 3 is 2.50 bits per heavy atom. The largest absolute Gasteiger partial charge is 0.390 e. The van der Waals surface area contributed by atoms with Gasteiger partial charge in [-0.2, -0.15) is 0 Å². The van der Waals surface area contributed by atoms with E-state index in [1.54, 1.807) is 0 Å². The van der Waals surface area contributed by atoms with Gasteiger partial charge in [-0.3, -0.25) is 0 Å². The minimum atomic E-state index is 0.196. The second-order valence-corrected chi connectivity index (χ2v) is 4.11. The van der Waals surface area contributed by atoms with Crippen molar-refractivity contribution in [2.24, 2.45) is 5.73 Å². The molecule has 0 saturated heterocycles. The highest BCUT2D eigenvalue weighted by Gasteiger charge is 1.99. The Bertz CT molecular complexity index is 329. The summed E-state index contributed by atoms with van der Waals surface area (Å²) in [7, 11) is 0. The summed E-state index contributed by atoms with van der Waals surface area (Å²) in [5.74, 6) is 0. The average Bonchev–Trinajstić information content (AvgIpc) is 2.16. The van der Waals surface area contributed by atoms with Gasteiger partial charge in [0, 0.05) is 5.69 Å². The number of nitrogens with one attached hydrogen (secondary N) is 1. The molecule has 0 fully saturated rings. The van der Waals surface area contributed by atoms with E-state index >= 15 is 0 Å². The van der Waals surface area contributed by atoms with Crippen molar-refractivity contribution < 1.29 is 4.18 Å². The van der Waals surface area contributed by atoms with Crippen molar-refractivity contribution in [2.45, 2.75) is 0 Å². The van der Waals surface area contributed by atoms with Crippen LogP contribution in [0.4, 0.5) is 5.69 Å². The fourth-order valence-corrected chi connectivity index (χ4v) is 1.26. The van der Waals surface area contributed by atoms with Crippen molar-refractivity contribution in [1.82, 2.24) is 0 Å². The number of hydrogen-bond donors (Lipinski definition) is 2. The van der Waals surface area contributed by atoms with Crippen LogP contribution in [0, 0.1) is 0 Å². The highest BCUT2D eigenvalue weighted by atomic mass is 32.2. The molecule has 6 heteroatoms. The van der Waals surface area contributed by atoms with Gasteiger partial charge >= 0.3 is 0 Å². The minimum absolute atomic E-state index is 0.196. The van der Waals surface area contributed by atoms with E-state index in [2.05, 4.69) is 17.5 Å². The quantitative estimate of drug-likeness (QED) is 0.584. The summed E-state index contributed by atoms with van der Waals surface area (Å²) in [4.78, 5) is 0. The molecule has 1 aromatic carbocycles. The predicted molar refractivity (Wildman–Crippen MR) is 68.1 cm³/mol. The highest BCUT2D eigenvalue weighted by Crippen LogP contribution is 2.09. The van der Waals surface area contributed by atoms with E-state index < -0.39 is 0 Å². The zero-order valence-electron chi connectivity index (χ0n) is 7.10. The summed E-state index contributed by atoms with van der Waals surface area (Å²) < 4.78 is 5.17. The molecule has 74 valence electrons. The van der Waals surface area contributed by atoms with E-state index in [0.717, 1.165) is 17.7 Å². The van der Waals surface area contributed by atoms with Gasteiger partial charge in [0.2, 0.25) is 0 Å². The van der Waals surface area contributed by atoms with Crippen molar-refractivity contribution in [3.63, 3.8) is 0 Å². The van der Waals surface area contributed by atoms with Crippen LogP contribution in [0.1, 0.15) is 0 Å². The molecule has 0 unspecified atom stereocenters. The Hall–Kier alpha value is -0.850.